The van der Waals surface area contributed by atoms with Crippen LogP contribution >= 0.6 is 11.1 Å². The number of rotatable bonds is 7. The van der Waals surface area contributed by atoms with Crippen molar-refractivity contribution in [3.05, 3.63) is 0 Å². The van der Waals surface area contributed by atoms with Gasteiger partial charge in [-0.25, -0.2) is 0 Å². The van der Waals surface area contributed by atoms with E-state index < -0.39 is 0 Å². The lowest BCUT2D eigenvalue weighted by Gasteiger charge is -2.26. The van der Waals surface area contributed by atoms with E-state index in [1.807, 2.05) is 0 Å². The van der Waals surface area contributed by atoms with Crippen molar-refractivity contribution in [1.29, 1.82) is 0 Å². The number of halogens is 1. The molecule has 0 aromatic heterocycles. The predicted octanol–water partition coefficient (Wildman–Crippen LogP) is 3.87. The van der Waals surface area contributed by atoms with Crippen molar-refractivity contribution in [2.24, 2.45) is 0 Å². The van der Waals surface area contributed by atoms with E-state index in [0.717, 1.165) is 0 Å². The van der Waals surface area contributed by atoms with Gasteiger partial charge in [0.25, 0.3) is 0 Å². The summed E-state index contributed by atoms with van der Waals surface area (Å²) in [5.41, 5.74) is 0. The minimum atomic E-state index is -0.337. The van der Waals surface area contributed by atoms with Crippen LogP contribution in [0.4, 0.5) is 0 Å². The smallest absolute Gasteiger partial charge is 0.131 e. The van der Waals surface area contributed by atoms with Gasteiger partial charge in [-0.05, 0) is 17.9 Å². The van der Waals surface area contributed by atoms with E-state index in [1.54, 1.807) is 0 Å². The average molecular weight is 207 g/mol. The van der Waals surface area contributed by atoms with Gasteiger partial charge in [0.15, 0.2) is 0 Å². The standard InChI is InChI=1S/C10H23ClSi/c1-4-6-8-10(3,12-11)9-7-5-2/h4-9,12H2,1-3H3. The van der Waals surface area contributed by atoms with Gasteiger partial charge in [-0.2, -0.15) is 11.1 Å². The molecule has 74 valence electrons. The first kappa shape index (κ1) is 12.5. The molecule has 0 saturated carbocycles. The second-order valence-electron chi connectivity index (χ2n) is 4.15. The van der Waals surface area contributed by atoms with Gasteiger partial charge in [-0.15, -0.1) is 0 Å². The van der Waals surface area contributed by atoms with E-state index in [9.17, 15) is 0 Å². The van der Waals surface area contributed by atoms with Gasteiger partial charge in [0.1, 0.15) is 8.83 Å². The highest BCUT2D eigenvalue weighted by Gasteiger charge is 2.21. The Morgan fingerprint density at radius 1 is 1.08 bits per heavy atom. The van der Waals surface area contributed by atoms with Gasteiger partial charge < -0.3 is 0 Å². The Kier molecular flexibility index (Phi) is 7.26. The van der Waals surface area contributed by atoms with E-state index >= 15 is 0 Å². The average Bonchev–Trinajstić information content (AvgIpc) is 2.11. The van der Waals surface area contributed by atoms with Crippen LogP contribution in [0.1, 0.15) is 59.3 Å². The molecule has 12 heavy (non-hydrogen) atoms. The lowest BCUT2D eigenvalue weighted by molar-refractivity contribution is 0.474. The zero-order valence-corrected chi connectivity index (χ0v) is 11.0. The molecular formula is C10H23ClSi. The molecule has 0 nitrogen and oxygen atoms in total. The van der Waals surface area contributed by atoms with Crippen molar-refractivity contribution < 1.29 is 0 Å². The zero-order chi connectivity index (χ0) is 9.45. The van der Waals surface area contributed by atoms with Gasteiger partial charge in [-0.3, -0.25) is 0 Å². The van der Waals surface area contributed by atoms with Gasteiger partial charge in [-0.1, -0.05) is 46.5 Å². The Labute approximate surface area is 84.6 Å². The second-order valence-corrected chi connectivity index (χ2v) is 6.93. The summed E-state index contributed by atoms with van der Waals surface area (Å²) in [6.45, 7) is 6.91. The van der Waals surface area contributed by atoms with Gasteiger partial charge in [0.05, 0.1) is 0 Å². The van der Waals surface area contributed by atoms with Crippen LogP contribution in [0.25, 0.3) is 0 Å². The van der Waals surface area contributed by atoms with E-state index in [4.69, 9.17) is 11.1 Å². The summed E-state index contributed by atoms with van der Waals surface area (Å²) in [5, 5.41) is 0.549. The largest absolute Gasteiger partial charge is 0.176 e. The molecular weight excluding hydrogens is 184 g/mol. The molecule has 0 aliphatic rings. The summed E-state index contributed by atoms with van der Waals surface area (Å²) in [6, 6.07) is 0. The minimum Gasteiger partial charge on any atom is -0.176 e. The molecule has 0 fully saturated rings. The third kappa shape index (κ3) is 5.21. The Bertz CT molecular complexity index is 96.0. The van der Waals surface area contributed by atoms with E-state index in [0.29, 0.717) is 5.04 Å². The van der Waals surface area contributed by atoms with Gasteiger partial charge in [0, 0.05) is 0 Å². The monoisotopic (exact) mass is 206 g/mol. The third-order valence-electron chi connectivity index (χ3n) is 2.59. The van der Waals surface area contributed by atoms with Crippen molar-refractivity contribution in [1.82, 2.24) is 0 Å². The molecule has 0 aliphatic carbocycles. The number of hydrogen-bond acceptors (Lipinski definition) is 0. The Hall–Kier alpha value is 0.507. The first-order valence-corrected chi connectivity index (χ1v) is 8.09. The lowest BCUT2D eigenvalue weighted by atomic mass is 9.97. The highest BCUT2D eigenvalue weighted by molar-refractivity contribution is 6.95. The Morgan fingerprint density at radius 3 is 1.75 bits per heavy atom. The van der Waals surface area contributed by atoms with E-state index in [2.05, 4.69) is 20.8 Å². The van der Waals surface area contributed by atoms with Gasteiger partial charge >= 0.3 is 0 Å². The molecule has 2 heteroatoms. The molecule has 0 amide bonds. The quantitative estimate of drug-likeness (QED) is 0.438. The molecule has 0 aromatic rings. The summed E-state index contributed by atoms with van der Waals surface area (Å²) in [4.78, 5) is 0. The maximum atomic E-state index is 6.12. The van der Waals surface area contributed by atoms with Crippen LogP contribution in [-0.4, -0.2) is 8.83 Å². The molecule has 0 unspecified atom stereocenters. The Morgan fingerprint density at radius 2 is 1.50 bits per heavy atom. The molecule has 0 aliphatic heterocycles. The summed E-state index contributed by atoms with van der Waals surface area (Å²) < 4.78 is 0. The minimum absolute atomic E-state index is 0.337. The molecule has 0 aromatic carbocycles. The fourth-order valence-corrected chi connectivity index (χ4v) is 3.03. The van der Waals surface area contributed by atoms with Crippen LogP contribution < -0.4 is 0 Å². The highest BCUT2D eigenvalue weighted by atomic mass is 35.6. The Balaban J connectivity index is 3.70. The zero-order valence-electron chi connectivity index (χ0n) is 8.83. The molecule has 0 atom stereocenters. The maximum absolute atomic E-state index is 6.12. The summed E-state index contributed by atoms with van der Waals surface area (Å²) in [5.74, 6) is 0. The van der Waals surface area contributed by atoms with Crippen LogP contribution in [0, 0.1) is 0 Å². The molecule has 0 N–H and O–H groups in total. The maximum Gasteiger partial charge on any atom is 0.131 e. The van der Waals surface area contributed by atoms with Crippen LogP contribution in [0.15, 0.2) is 0 Å². The molecule has 0 radical (unpaired) electrons. The first-order chi connectivity index (χ1) is 5.68. The highest BCUT2D eigenvalue weighted by Crippen LogP contribution is 2.37. The van der Waals surface area contributed by atoms with Crippen molar-refractivity contribution in [3.63, 3.8) is 0 Å². The summed E-state index contributed by atoms with van der Waals surface area (Å²) >= 11 is 6.12. The lowest BCUT2D eigenvalue weighted by Crippen LogP contribution is -2.13. The number of hydrogen-bond donors (Lipinski definition) is 0. The van der Waals surface area contributed by atoms with Crippen molar-refractivity contribution in [2.45, 2.75) is 64.3 Å². The normalized spacial score (nSPS) is 13.0. The fraction of sp³-hybridized carbons (Fsp3) is 1.00. The van der Waals surface area contributed by atoms with Crippen LogP contribution in [-0.2, 0) is 0 Å². The molecule has 0 spiro atoms. The summed E-state index contributed by atoms with van der Waals surface area (Å²) in [6.07, 6.45) is 8.07. The topological polar surface area (TPSA) is 0 Å². The van der Waals surface area contributed by atoms with Crippen LogP contribution in [0.3, 0.4) is 0 Å². The number of unbranched alkanes of at least 4 members (excludes halogenated alkanes) is 2. The van der Waals surface area contributed by atoms with Crippen LogP contribution in [0.2, 0.25) is 5.04 Å². The molecule has 0 rings (SSSR count). The first-order valence-electron chi connectivity index (χ1n) is 5.24. The molecule has 0 bridgehead atoms. The SMILES string of the molecule is CCCCC(C)(CCCC)[SiH2]Cl. The van der Waals surface area contributed by atoms with Crippen molar-refractivity contribution in [2.75, 3.05) is 0 Å². The van der Waals surface area contributed by atoms with Gasteiger partial charge in [0.2, 0.25) is 0 Å². The predicted molar refractivity (Wildman–Crippen MR) is 61.8 cm³/mol. The van der Waals surface area contributed by atoms with E-state index in [-0.39, 0.29) is 8.83 Å². The third-order valence-corrected chi connectivity index (χ3v) is 5.88. The van der Waals surface area contributed by atoms with Crippen molar-refractivity contribution in [3.8, 4) is 0 Å². The molecule has 0 heterocycles. The summed E-state index contributed by atoms with van der Waals surface area (Å²) in [7, 11) is -0.337. The van der Waals surface area contributed by atoms with Crippen LogP contribution in [0.5, 0.6) is 0 Å². The second kappa shape index (κ2) is 6.96. The molecule has 0 saturated heterocycles. The van der Waals surface area contributed by atoms with Crippen molar-refractivity contribution >= 4 is 19.9 Å². The fourth-order valence-electron chi connectivity index (χ4n) is 1.47. The van der Waals surface area contributed by atoms with E-state index in [1.165, 1.54) is 38.5 Å².